The molecule has 0 N–H and O–H groups in total. The van der Waals surface area contributed by atoms with Crippen LogP contribution in [0.15, 0.2) is 24.5 Å². The Bertz CT molecular complexity index is 609. The Morgan fingerprint density at radius 2 is 2.20 bits per heavy atom. The number of hydrogen-bond acceptors (Lipinski definition) is 5. The predicted molar refractivity (Wildman–Crippen MR) is 71.9 cm³/mol. The van der Waals surface area contributed by atoms with Gasteiger partial charge in [-0.15, -0.1) is 10.2 Å². The minimum absolute atomic E-state index is 0.206. The normalized spacial score (nSPS) is 17.6. The van der Waals surface area contributed by atoms with Crippen molar-refractivity contribution < 1.29 is 9.53 Å². The highest BCUT2D eigenvalue weighted by Crippen LogP contribution is 2.30. The maximum Gasteiger partial charge on any atom is 0.316 e. The van der Waals surface area contributed by atoms with Crippen LogP contribution in [0.2, 0.25) is 0 Å². The third kappa shape index (κ3) is 2.17. The van der Waals surface area contributed by atoms with Crippen LogP contribution in [0.25, 0.3) is 11.4 Å². The van der Waals surface area contributed by atoms with E-state index in [2.05, 4.69) is 15.2 Å². The van der Waals surface area contributed by atoms with E-state index in [0.717, 1.165) is 30.8 Å². The molecule has 6 heteroatoms. The Kier molecular flexibility index (Phi) is 3.45. The van der Waals surface area contributed by atoms with E-state index in [0.29, 0.717) is 12.4 Å². The second-order valence-corrected chi connectivity index (χ2v) is 4.72. The molecular weight excluding hydrogens is 256 g/mol. The van der Waals surface area contributed by atoms with Gasteiger partial charge in [-0.05, 0) is 31.9 Å². The summed E-state index contributed by atoms with van der Waals surface area (Å²) in [7, 11) is 0. The fraction of sp³-hybridized carbons (Fsp3) is 0.429. The highest BCUT2D eigenvalue weighted by atomic mass is 16.5. The summed E-state index contributed by atoms with van der Waals surface area (Å²) in [6, 6.07) is 3.79. The van der Waals surface area contributed by atoms with E-state index >= 15 is 0 Å². The second kappa shape index (κ2) is 5.40. The number of hydrogen-bond donors (Lipinski definition) is 0. The minimum atomic E-state index is -0.299. The van der Waals surface area contributed by atoms with Gasteiger partial charge in [-0.3, -0.25) is 9.78 Å². The molecule has 0 aromatic carbocycles. The predicted octanol–water partition coefficient (Wildman–Crippen LogP) is 1.78. The van der Waals surface area contributed by atoms with Gasteiger partial charge in [0.25, 0.3) is 0 Å². The smallest absolute Gasteiger partial charge is 0.316 e. The van der Waals surface area contributed by atoms with Crippen molar-refractivity contribution in [3.63, 3.8) is 0 Å². The topological polar surface area (TPSA) is 69.9 Å². The molecule has 0 saturated heterocycles. The summed E-state index contributed by atoms with van der Waals surface area (Å²) in [5.74, 6) is 0.992. The summed E-state index contributed by atoms with van der Waals surface area (Å²) in [5, 5.41) is 8.45. The summed E-state index contributed by atoms with van der Waals surface area (Å²) in [5.41, 5.74) is 0.961. The molecule has 1 atom stereocenters. The zero-order valence-corrected chi connectivity index (χ0v) is 11.3. The van der Waals surface area contributed by atoms with E-state index in [1.807, 2.05) is 23.6 Å². The number of aromatic nitrogens is 4. The molecular formula is C14H16N4O2. The Morgan fingerprint density at radius 1 is 1.40 bits per heavy atom. The van der Waals surface area contributed by atoms with Crippen molar-refractivity contribution in [1.29, 1.82) is 0 Å². The molecule has 1 aliphatic rings. The summed E-state index contributed by atoms with van der Waals surface area (Å²) in [4.78, 5) is 16.0. The molecule has 0 spiro atoms. The first-order chi connectivity index (χ1) is 9.81. The average molecular weight is 272 g/mol. The summed E-state index contributed by atoms with van der Waals surface area (Å²) in [6.07, 6.45) is 5.14. The molecule has 0 saturated carbocycles. The van der Waals surface area contributed by atoms with Crippen LogP contribution in [0, 0.1) is 0 Å². The summed E-state index contributed by atoms with van der Waals surface area (Å²) in [6.45, 7) is 3.03. The van der Waals surface area contributed by atoms with Gasteiger partial charge in [-0.1, -0.05) is 0 Å². The van der Waals surface area contributed by atoms with Crippen LogP contribution in [-0.2, 0) is 16.1 Å². The van der Waals surface area contributed by atoms with E-state index in [4.69, 9.17) is 4.74 Å². The van der Waals surface area contributed by atoms with Gasteiger partial charge in [0.05, 0.1) is 6.61 Å². The average Bonchev–Trinajstić information content (AvgIpc) is 2.92. The first-order valence-electron chi connectivity index (χ1n) is 6.81. The van der Waals surface area contributed by atoms with Gasteiger partial charge in [0, 0.05) is 24.5 Å². The molecule has 6 nitrogen and oxygen atoms in total. The summed E-state index contributed by atoms with van der Waals surface area (Å²) < 4.78 is 7.14. The Balaban J connectivity index is 1.97. The lowest BCUT2D eigenvalue weighted by Crippen LogP contribution is -2.24. The number of nitrogens with zero attached hydrogens (tertiary/aromatic N) is 4. The lowest BCUT2D eigenvalue weighted by atomic mass is 9.99. The monoisotopic (exact) mass is 272 g/mol. The highest BCUT2D eigenvalue weighted by Gasteiger charge is 2.31. The van der Waals surface area contributed by atoms with Gasteiger partial charge in [0.1, 0.15) is 11.7 Å². The first-order valence-corrected chi connectivity index (χ1v) is 6.81. The largest absolute Gasteiger partial charge is 0.465 e. The number of fused-ring (bicyclic) bond motifs is 1. The third-order valence-electron chi connectivity index (χ3n) is 3.48. The minimum Gasteiger partial charge on any atom is -0.465 e. The third-order valence-corrected chi connectivity index (χ3v) is 3.48. The van der Waals surface area contributed by atoms with Gasteiger partial charge in [-0.25, -0.2) is 0 Å². The van der Waals surface area contributed by atoms with Gasteiger partial charge in [0.2, 0.25) is 0 Å². The molecule has 0 fully saturated rings. The van der Waals surface area contributed by atoms with Gasteiger partial charge in [-0.2, -0.15) is 0 Å². The Morgan fingerprint density at radius 3 is 2.95 bits per heavy atom. The highest BCUT2D eigenvalue weighted by molar-refractivity contribution is 5.77. The van der Waals surface area contributed by atoms with Crippen LogP contribution in [0.4, 0.5) is 0 Å². The lowest BCUT2D eigenvalue weighted by molar-refractivity contribution is -0.145. The van der Waals surface area contributed by atoms with E-state index in [9.17, 15) is 4.79 Å². The first kappa shape index (κ1) is 12.8. The number of carbonyl (C=O) groups excluding carboxylic acids is 1. The van der Waals surface area contributed by atoms with Crippen LogP contribution in [0.5, 0.6) is 0 Å². The number of esters is 1. The molecule has 3 rings (SSSR count). The van der Waals surface area contributed by atoms with Gasteiger partial charge >= 0.3 is 5.97 Å². The molecule has 2 aromatic rings. The molecule has 1 aliphatic heterocycles. The van der Waals surface area contributed by atoms with Crippen LogP contribution in [0.3, 0.4) is 0 Å². The standard InChI is InChI=1S/C14H16N4O2/c1-2-20-14(19)11-4-3-9-18-12(16-17-13(11)18)10-5-7-15-8-6-10/h5-8,11H,2-4,9H2,1H3. The maximum atomic E-state index is 12.0. The molecule has 0 aliphatic carbocycles. The lowest BCUT2D eigenvalue weighted by Gasteiger charge is -2.22. The molecule has 0 amide bonds. The van der Waals surface area contributed by atoms with Crippen LogP contribution in [0.1, 0.15) is 31.5 Å². The quantitative estimate of drug-likeness (QED) is 0.796. The van der Waals surface area contributed by atoms with E-state index in [1.165, 1.54) is 0 Å². The van der Waals surface area contributed by atoms with Crippen LogP contribution >= 0.6 is 0 Å². The zero-order chi connectivity index (χ0) is 13.9. The van der Waals surface area contributed by atoms with Crippen LogP contribution in [-0.4, -0.2) is 32.3 Å². The molecule has 0 bridgehead atoms. The van der Waals surface area contributed by atoms with Gasteiger partial charge < -0.3 is 9.30 Å². The van der Waals surface area contributed by atoms with Crippen molar-refractivity contribution in [3.05, 3.63) is 30.4 Å². The molecule has 3 heterocycles. The summed E-state index contributed by atoms with van der Waals surface area (Å²) >= 11 is 0. The maximum absolute atomic E-state index is 12.0. The fourth-order valence-electron chi connectivity index (χ4n) is 2.56. The molecule has 104 valence electrons. The van der Waals surface area contributed by atoms with Gasteiger partial charge in [0.15, 0.2) is 5.82 Å². The van der Waals surface area contributed by atoms with Crippen LogP contribution < -0.4 is 0 Å². The molecule has 2 aromatic heterocycles. The van der Waals surface area contributed by atoms with Crippen molar-refractivity contribution in [2.45, 2.75) is 32.2 Å². The van der Waals surface area contributed by atoms with E-state index in [1.54, 1.807) is 12.4 Å². The van der Waals surface area contributed by atoms with Crippen molar-refractivity contribution >= 4 is 5.97 Å². The van der Waals surface area contributed by atoms with Crippen molar-refractivity contribution in [2.24, 2.45) is 0 Å². The Hall–Kier alpha value is -2.24. The Labute approximate surface area is 116 Å². The van der Waals surface area contributed by atoms with Crippen molar-refractivity contribution in [1.82, 2.24) is 19.7 Å². The SMILES string of the molecule is CCOC(=O)C1CCCn2c(-c3ccncc3)nnc21. The fourth-order valence-corrected chi connectivity index (χ4v) is 2.56. The number of carbonyl (C=O) groups is 1. The molecule has 1 unspecified atom stereocenters. The number of rotatable bonds is 3. The van der Waals surface area contributed by atoms with Crippen molar-refractivity contribution in [3.8, 4) is 11.4 Å². The van der Waals surface area contributed by atoms with Crippen molar-refractivity contribution in [2.75, 3.05) is 6.61 Å². The zero-order valence-electron chi connectivity index (χ0n) is 11.3. The number of pyridine rings is 1. The van der Waals surface area contributed by atoms with E-state index < -0.39 is 0 Å². The molecule has 20 heavy (non-hydrogen) atoms. The van der Waals surface area contributed by atoms with E-state index in [-0.39, 0.29) is 11.9 Å². The number of ether oxygens (including phenoxy) is 1. The molecule has 0 radical (unpaired) electrons. The second-order valence-electron chi connectivity index (χ2n) is 4.72.